The number of aromatic hydroxyl groups is 1. The molecular weight excluding hydrogens is 360 g/mol. The third-order valence-electron chi connectivity index (χ3n) is 4.72. The summed E-state index contributed by atoms with van der Waals surface area (Å²) < 4.78 is 11.6. The molecule has 28 heavy (non-hydrogen) atoms. The van der Waals surface area contributed by atoms with Crippen LogP contribution in [0.15, 0.2) is 23.0 Å². The number of benzene rings is 1. The third kappa shape index (κ3) is 4.24. The number of hydrogen-bond donors (Lipinski definition) is 1. The number of pyridine rings is 1. The lowest BCUT2D eigenvalue weighted by atomic mass is 10.0. The summed E-state index contributed by atoms with van der Waals surface area (Å²) in [5.74, 6) is -0.389. The molecule has 2 aromatic rings. The van der Waals surface area contributed by atoms with Crippen LogP contribution < -0.4 is 10.3 Å². The van der Waals surface area contributed by atoms with Crippen molar-refractivity contribution < 1.29 is 19.4 Å². The van der Waals surface area contributed by atoms with E-state index in [1.807, 2.05) is 32.0 Å². The molecule has 0 spiro atoms. The Balaban J connectivity index is 2.39. The van der Waals surface area contributed by atoms with Gasteiger partial charge in [0.15, 0.2) is 6.61 Å². The van der Waals surface area contributed by atoms with Crippen LogP contribution >= 0.6 is 0 Å². The van der Waals surface area contributed by atoms with Crippen LogP contribution in [0, 0.1) is 32.1 Å². The van der Waals surface area contributed by atoms with Crippen LogP contribution in [-0.4, -0.2) is 35.8 Å². The number of rotatable bonds is 8. The molecule has 0 saturated carbocycles. The van der Waals surface area contributed by atoms with Gasteiger partial charge in [-0.2, -0.15) is 5.26 Å². The Labute approximate surface area is 163 Å². The average molecular weight is 384 g/mol. The van der Waals surface area contributed by atoms with Crippen molar-refractivity contribution in [3.8, 4) is 17.7 Å². The van der Waals surface area contributed by atoms with Crippen molar-refractivity contribution in [1.29, 1.82) is 5.26 Å². The van der Waals surface area contributed by atoms with Gasteiger partial charge in [-0.25, -0.2) is 0 Å². The van der Waals surface area contributed by atoms with E-state index in [0.29, 0.717) is 18.8 Å². The maximum absolute atomic E-state index is 12.8. The molecule has 1 aromatic heterocycles. The molecule has 0 aliphatic heterocycles. The number of aryl methyl sites for hydroxylation is 1. The summed E-state index contributed by atoms with van der Waals surface area (Å²) in [5, 5.41) is 19.9. The van der Waals surface area contributed by atoms with Gasteiger partial charge in [-0.05, 0) is 49.9 Å². The first-order chi connectivity index (χ1) is 13.3. The highest BCUT2D eigenvalue weighted by Crippen LogP contribution is 2.24. The second-order valence-electron chi connectivity index (χ2n) is 6.52. The first-order valence-corrected chi connectivity index (χ1v) is 8.91. The third-order valence-corrected chi connectivity index (χ3v) is 4.72. The van der Waals surface area contributed by atoms with E-state index in [1.54, 1.807) is 6.07 Å². The van der Waals surface area contributed by atoms with Gasteiger partial charge in [-0.15, -0.1) is 0 Å². The fourth-order valence-electron chi connectivity index (χ4n) is 2.96. The van der Waals surface area contributed by atoms with Gasteiger partial charge in [0.2, 0.25) is 11.7 Å². The number of methoxy groups -OCH3 is 1. The van der Waals surface area contributed by atoms with E-state index < -0.39 is 17.2 Å². The Morgan fingerprint density at radius 1 is 1.25 bits per heavy atom. The molecule has 1 N–H and O–H groups in total. The van der Waals surface area contributed by atoms with Crippen molar-refractivity contribution in [2.45, 2.75) is 33.7 Å². The molecule has 0 aliphatic rings. The zero-order valence-corrected chi connectivity index (χ0v) is 16.5. The Morgan fingerprint density at radius 2 is 1.96 bits per heavy atom. The Morgan fingerprint density at radius 3 is 2.61 bits per heavy atom. The lowest BCUT2D eigenvalue weighted by Crippen LogP contribution is -2.28. The van der Waals surface area contributed by atoms with Crippen molar-refractivity contribution >= 4 is 5.78 Å². The van der Waals surface area contributed by atoms with Crippen molar-refractivity contribution in [1.82, 2.24) is 4.57 Å². The van der Waals surface area contributed by atoms with Gasteiger partial charge in [0.1, 0.15) is 17.4 Å². The number of aromatic nitrogens is 1. The molecule has 0 saturated heterocycles. The molecule has 1 heterocycles. The Hall–Kier alpha value is -3.11. The second kappa shape index (κ2) is 9.20. The molecule has 0 atom stereocenters. The SMILES string of the molecule is COCCCn1c(O)c(C(=O)COc2cccc(C)c2C)c(C)c(C#N)c1=O. The van der Waals surface area contributed by atoms with E-state index in [2.05, 4.69) is 0 Å². The molecule has 0 radical (unpaired) electrons. The normalized spacial score (nSPS) is 10.5. The highest BCUT2D eigenvalue weighted by Gasteiger charge is 2.24. The number of hydrogen-bond acceptors (Lipinski definition) is 6. The highest BCUT2D eigenvalue weighted by atomic mass is 16.5. The topological polar surface area (TPSA) is 102 Å². The summed E-state index contributed by atoms with van der Waals surface area (Å²) in [6.07, 6.45) is 0.449. The minimum atomic E-state index is -0.624. The van der Waals surface area contributed by atoms with Gasteiger partial charge in [0.05, 0.1) is 5.56 Å². The fraction of sp³-hybridized carbons (Fsp3) is 0.381. The van der Waals surface area contributed by atoms with Crippen LogP contribution in [0.4, 0.5) is 0 Å². The molecule has 7 nitrogen and oxygen atoms in total. The number of nitriles is 1. The summed E-state index contributed by atoms with van der Waals surface area (Å²) >= 11 is 0. The number of nitrogens with zero attached hydrogens (tertiary/aromatic N) is 2. The van der Waals surface area contributed by atoms with Crippen molar-refractivity contribution in [3.05, 3.63) is 56.4 Å². The number of ketones is 1. The van der Waals surface area contributed by atoms with Crippen LogP contribution in [0.3, 0.4) is 0 Å². The van der Waals surface area contributed by atoms with Crippen molar-refractivity contribution in [2.24, 2.45) is 0 Å². The molecule has 0 aliphatic carbocycles. The maximum Gasteiger partial charge on any atom is 0.271 e. The predicted octanol–water partition coefficient (Wildman–Crippen LogP) is 2.65. The maximum atomic E-state index is 12.8. The summed E-state index contributed by atoms with van der Waals surface area (Å²) in [4.78, 5) is 25.3. The number of Topliss-reactive ketones (excluding diaryl/α,β-unsaturated/α-hetero) is 1. The number of carbonyl (C=O) groups is 1. The van der Waals surface area contributed by atoms with E-state index in [1.165, 1.54) is 14.0 Å². The predicted molar refractivity (Wildman–Crippen MR) is 104 cm³/mol. The summed E-state index contributed by atoms with van der Waals surface area (Å²) in [7, 11) is 1.53. The van der Waals surface area contributed by atoms with Crippen LogP contribution in [0.2, 0.25) is 0 Å². The van der Waals surface area contributed by atoms with Crippen LogP contribution in [0.25, 0.3) is 0 Å². The van der Waals surface area contributed by atoms with E-state index in [0.717, 1.165) is 15.7 Å². The molecule has 148 valence electrons. The van der Waals surface area contributed by atoms with E-state index in [-0.39, 0.29) is 29.8 Å². The highest BCUT2D eigenvalue weighted by molar-refractivity contribution is 6.01. The first-order valence-electron chi connectivity index (χ1n) is 8.91. The molecule has 2 rings (SSSR count). The minimum absolute atomic E-state index is 0.0705. The van der Waals surface area contributed by atoms with Gasteiger partial charge in [0.25, 0.3) is 5.56 Å². The van der Waals surface area contributed by atoms with Gasteiger partial charge in [-0.1, -0.05) is 12.1 Å². The van der Waals surface area contributed by atoms with Crippen LogP contribution in [0.1, 0.15) is 39.0 Å². The van der Waals surface area contributed by atoms with E-state index >= 15 is 0 Å². The second-order valence-corrected chi connectivity index (χ2v) is 6.52. The molecule has 7 heteroatoms. The quantitative estimate of drug-likeness (QED) is 0.555. The molecule has 0 unspecified atom stereocenters. The zero-order valence-electron chi connectivity index (χ0n) is 16.5. The molecule has 1 aromatic carbocycles. The van der Waals surface area contributed by atoms with E-state index in [9.17, 15) is 20.0 Å². The minimum Gasteiger partial charge on any atom is -0.494 e. The largest absolute Gasteiger partial charge is 0.494 e. The number of ether oxygens (including phenoxy) is 2. The van der Waals surface area contributed by atoms with Gasteiger partial charge in [0, 0.05) is 20.3 Å². The lowest BCUT2D eigenvalue weighted by Gasteiger charge is -2.16. The van der Waals surface area contributed by atoms with Gasteiger partial charge >= 0.3 is 0 Å². The Kier molecular flexibility index (Phi) is 6.96. The average Bonchev–Trinajstić information content (AvgIpc) is 2.66. The van der Waals surface area contributed by atoms with Crippen LogP contribution in [0.5, 0.6) is 11.6 Å². The van der Waals surface area contributed by atoms with Crippen molar-refractivity contribution in [2.75, 3.05) is 20.3 Å². The summed E-state index contributed by atoms with van der Waals surface area (Å²) in [5.41, 5.74) is 1.24. The van der Waals surface area contributed by atoms with E-state index in [4.69, 9.17) is 9.47 Å². The summed E-state index contributed by atoms with van der Waals surface area (Å²) in [6.45, 7) is 5.49. The monoisotopic (exact) mass is 384 g/mol. The van der Waals surface area contributed by atoms with Crippen molar-refractivity contribution in [3.63, 3.8) is 0 Å². The lowest BCUT2D eigenvalue weighted by molar-refractivity contribution is 0.0915. The molecule has 0 fully saturated rings. The Bertz CT molecular complexity index is 986. The fourth-order valence-corrected chi connectivity index (χ4v) is 2.96. The standard InChI is InChI=1S/C21H24N2O5/c1-13-7-5-8-18(14(13)2)28-12-17(24)19-15(3)16(11-22)20(25)23(21(19)26)9-6-10-27-4/h5,7-8,26H,6,9-10,12H2,1-4H3. The first kappa shape index (κ1) is 21.2. The molecular formula is C21H24N2O5. The number of carbonyl (C=O) groups excluding carboxylic acids is 1. The van der Waals surface area contributed by atoms with Crippen LogP contribution in [-0.2, 0) is 11.3 Å². The smallest absolute Gasteiger partial charge is 0.271 e. The zero-order chi connectivity index (χ0) is 20.8. The van der Waals surface area contributed by atoms with Gasteiger partial charge < -0.3 is 14.6 Å². The van der Waals surface area contributed by atoms with Gasteiger partial charge in [-0.3, -0.25) is 14.2 Å². The molecule has 0 bridgehead atoms. The summed E-state index contributed by atoms with van der Waals surface area (Å²) in [6, 6.07) is 7.36. The molecule has 0 amide bonds.